The van der Waals surface area contributed by atoms with Crippen LogP contribution in [0.1, 0.15) is 47.0 Å². The lowest BCUT2D eigenvalue weighted by Gasteiger charge is -2.29. The van der Waals surface area contributed by atoms with Crippen LogP contribution in [0.5, 0.6) is 5.88 Å². The van der Waals surface area contributed by atoms with Gasteiger partial charge in [0.2, 0.25) is 5.88 Å². The minimum absolute atomic E-state index is 0.467. The highest BCUT2D eigenvalue weighted by atomic mass is 16.5. The summed E-state index contributed by atoms with van der Waals surface area (Å²) in [6, 6.07) is 5.05. The predicted octanol–water partition coefficient (Wildman–Crippen LogP) is 3.47. The molecule has 20 heavy (non-hydrogen) atoms. The Morgan fingerprint density at radius 1 is 1.40 bits per heavy atom. The molecule has 0 amide bonds. The first-order valence-electron chi connectivity index (χ1n) is 7.70. The zero-order valence-corrected chi connectivity index (χ0v) is 13.1. The molecule has 1 aliphatic rings. The molecule has 4 nitrogen and oxygen atoms in total. The Morgan fingerprint density at radius 2 is 2.15 bits per heavy atom. The molecule has 2 heterocycles. The van der Waals surface area contributed by atoms with Crippen LogP contribution in [-0.2, 0) is 0 Å². The van der Waals surface area contributed by atoms with E-state index in [-0.39, 0.29) is 0 Å². The number of nitrogen functional groups attached to an aromatic ring is 1. The molecular weight excluding hydrogens is 250 g/mol. The largest absolute Gasteiger partial charge is 0.476 e. The van der Waals surface area contributed by atoms with Crippen LogP contribution in [0, 0.1) is 5.92 Å². The van der Waals surface area contributed by atoms with Gasteiger partial charge in [-0.2, -0.15) is 4.98 Å². The SMILES string of the molecule is CCC1CCC(C)N1c1ccc(N)c(OCC(C)C)n1. The third kappa shape index (κ3) is 3.17. The van der Waals surface area contributed by atoms with E-state index in [9.17, 15) is 0 Å². The molecule has 1 aromatic heterocycles. The van der Waals surface area contributed by atoms with E-state index >= 15 is 0 Å². The summed E-state index contributed by atoms with van der Waals surface area (Å²) >= 11 is 0. The van der Waals surface area contributed by atoms with Gasteiger partial charge in [-0.3, -0.25) is 0 Å². The Labute approximate surface area is 122 Å². The van der Waals surface area contributed by atoms with Crippen molar-refractivity contribution >= 4 is 11.5 Å². The summed E-state index contributed by atoms with van der Waals surface area (Å²) in [6.07, 6.45) is 3.62. The molecule has 0 aromatic carbocycles. The number of pyridine rings is 1. The number of anilines is 2. The summed E-state index contributed by atoms with van der Waals surface area (Å²) in [5.41, 5.74) is 6.59. The van der Waals surface area contributed by atoms with Crippen molar-refractivity contribution in [2.24, 2.45) is 5.92 Å². The Hall–Kier alpha value is -1.45. The maximum Gasteiger partial charge on any atom is 0.239 e. The number of aromatic nitrogens is 1. The number of nitrogens with zero attached hydrogens (tertiary/aromatic N) is 2. The Balaban J connectivity index is 2.21. The van der Waals surface area contributed by atoms with Gasteiger partial charge in [0, 0.05) is 12.1 Å². The average Bonchev–Trinajstić information content (AvgIpc) is 2.79. The van der Waals surface area contributed by atoms with Gasteiger partial charge < -0.3 is 15.4 Å². The van der Waals surface area contributed by atoms with E-state index < -0.39 is 0 Å². The molecule has 0 bridgehead atoms. The highest BCUT2D eigenvalue weighted by Gasteiger charge is 2.30. The molecular formula is C16H27N3O. The van der Waals surface area contributed by atoms with E-state index in [4.69, 9.17) is 10.5 Å². The van der Waals surface area contributed by atoms with E-state index in [2.05, 4.69) is 37.6 Å². The van der Waals surface area contributed by atoms with Gasteiger partial charge in [-0.05, 0) is 44.2 Å². The Bertz CT molecular complexity index is 447. The second-order valence-electron chi connectivity index (χ2n) is 6.16. The van der Waals surface area contributed by atoms with Crippen molar-refractivity contribution in [3.8, 4) is 5.88 Å². The van der Waals surface area contributed by atoms with Gasteiger partial charge in [-0.1, -0.05) is 20.8 Å². The van der Waals surface area contributed by atoms with E-state index in [1.807, 2.05) is 12.1 Å². The van der Waals surface area contributed by atoms with Crippen LogP contribution in [0.2, 0.25) is 0 Å². The molecule has 2 atom stereocenters. The molecule has 0 aliphatic carbocycles. The third-order valence-electron chi connectivity index (χ3n) is 3.95. The van der Waals surface area contributed by atoms with Crippen molar-refractivity contribution in [3.63, 3.8) is 0 Å². The van der Waals surface area contributed by atoms with Crippen LogP contribution >= 0.6 is 0 Å². The number of hydrogen-bond acceptors (Lipinski definition) is 4. The van der Waals surface area contributed by atoms with E-state index in [0.717, 1.165) is 12.2 Å². The molecule has 1 saturated heterocycles. The van der Waals surface area contributed by atoms with Gasteiger partial charge in [0.25, 0.3) is 0 Å². The Morgan fingerprint density at radius 3 is 2.80 bits per heavy atom. The maximum absolute atomic E-state index is 5.97. The predicted molar refractivity (Wildman–Crippen MR) is 84.2 cm³/mol. The van der Waals surface area contributed by atoms with Crippen LogP contribution in [0.25, 0.3) is 0 Å². The normalized spacial score (nSPS) is 22.6. The number of hydrogen-bond donors (Lipinski definition) is 1. The van der Waals surface area contributed by atoms with Crippen LogP contribution in [0.3, 0.4) is 0 Å². The van der Waals surface area contributed by atoms with Crippen molar-refractivity contribution in [3.05, 3.63) is 12.1 Å². The van der Waals surface area contributed by atoms with Crippen LogP contribution < -0.4 is 15.4 Å². The van der Waals surface area contributed by atoms with Crippen molar-refractivity contribution in [1.29, 1.82) is 0 Å². The molecule has 2 unspecified atom stereocenters. The molecule has 0 radical (unpaired) electrons. The quantitative estimate of drug-likeness (QED) is 0.895. The van der Waals surface area contributed by atoms with Crippen molar-refractivity contribution in [1.82, 2.24) is 4.98 Å². The second kappa shape index (κ2) is 6.33. The number of nitrogens with two attached hydrogens (primary N) is 1. The monoisotopic (exact) mass is 277 g/mol. The summed E-state index contributed by atoms with van der Waals surface area (Å²) in [6.45, 7) is 9.39. The lowest BCUT2D eigenvalue weighted by molar-refractivity contribution is 0.263. The molecule has 2 rings (SSSR count). The Kier molecular flexibility index (Phi) is 4.73. The maximum atomic E-state index is 5.97. The highest BCUT2D eigenvalue weighted by Crippen LogP contribution is 2.33. The molecule has 0 spiro atoms. The van der Waals surface area contributed by atoms with E-state index in [0.29, 0.717) is 36.2 Å². The number of ether oxygens (including phenoxy) is 1. The van der Waals surface area contributed by atoms with Crippen molar-refractivity contribution in [2.75, 3.05) is 17.2 Å². The van der Waals surface area contributed by atoms with E-state index in [1.165, 1.54) is 12.8 Å². The first kappa shape index (κ1) is 14.9. The summed E-state index contributed by atoms with van der Waals surface area (Å²) in [7, 11) is 0. The van der Waals surface area contributed by atoms with E-state index in [1.54, 1.807) is 0 Å². The standard InChI is InChI=1S/C16H27N3O/c1-5-13-7-6-12(4)19(13)15-9-8-14(17)16(18-15)20-10-11(2)3/h8-9,11-13H,5-7,10,17H2,1-4H3. The van der Waals surface area contributed by atoms with Crippen LogP contribution in [0.15, 0.2) is 12.1 Å². The highest BCUT2D eigenvalue weighted by molar-refractivity contribution is 5.55. The number of rotatable bonds is 5. The molecule has 1 aliphatic heterocycles. The van der Waals surface area contributed by atoms with Gasteiger partial charge in [0.1, 0.15) is 5.82 Å². The summed E-state index contributed by atoms with van der Waals surface area (Å²) in [5.74, 6) is 2.04. The van der Waals surface area contributed by atoms with Gasteiger partial charge in [0.05, 0.1) is 12.3 Å². The molecule has 1 fully saturated rings. The molecule has 1 aromatic rings. The first-order chi connectivity index (χ1) is 9.52. The fraction of sp³-hybridized carbons (Fsp3) is 0.688. The minimum Gasteiger partial charge on any atom is -0.476 e. The molecule has 2 N–H and O–H groups in total. The molecule has 0 saturated carbocycles. The molecule has 4 heteroatoms. The van der Waals surface area contributed by atoms with Gasteiger partial charge in [0.15, 0.2) is 0 Å². The van der Waals surface area contributed by atoms with Gasteiger partial charge in [-0.15, -0.1) is 0 Å². The minimum atomic E-state index is 0.467. The van der Waals surface area contributed by atoms with Crippen LogP contribution in [-0.4, -0.2) is 23.7 Å². The lowest BCUT2D eigenvalue weighted by Crippen LogP contribution is -2.34. The summed E-state index contributed by atoms with van der Waals surface area (Å²) in [5, 5.41) is 0. The van der Waals surface area contributed by atoms with Gasteiger partial charge in [-0.25, -0.2) is 0 Å². The molecule has 112 valence electrons. The first-order valence-corrected chi connectivity index (χ1v) is 7.70. The van der Waals surface area contributed by atoms with Crippen molar-refractivity contribution < 1.29 is 4.74 Å². The zero-order chi connectivity index (χ0) is 14.7. The lowest BCUT2D eigenvalue weighted by atomic mass is 10.1. The second-order valence-corrected chi connectivity index (χ2v) is 6.16. The smallest absolute Gasteiger partial charge is 0.239 e. The topological polar surface area (TPSA) is 51.4 Å². The fourth-order valence-corrected chi connectivity index (χ4v) is 2.83. The third-order valence-corrected chi connectivity index (χ3v) is 3.95. The summed E-state index contributed by atoms with van der Waals surface area (Å²) < 4.78 is 5.74. The fourth-order valence-electron chi connectivity index (χ4n) is 2.83. The van der Waals surface area contributed by atoms with Gasteiger partial charge >= 0.3 is 0 Å². The summed E-state index contributed by atoms with van der Waals surface area (Å²) in [4.78, 5) is 7.07. The average molecular weight is 277 g/mol. The van der Waals surface area contributed by atoms with Crippen molar-refractivity contribution in [2.45, 2.75) is 59.0 Å². The zero-order valence-electron chi connectivity index (χ0n) is 13.1. The van der Waals surface area contributed by atoms with Crippen LogP contribution in [0.4, 0.5) is 11.5 Å².